The number of nitrogens with one attached hydrogen (secondary N) is 2. The number of halogens is 1. The van der Waals surface area contributed by atoms with Gasteiger partial charge in [0.15, 0.2) is 5.65 Å². The van der Waals surface area contributed by atoms with Crippen molar-refractivity contribution in [2.75, 3.05) is 18.0 Å². The van der Waals surface area contributed by atoms with Crippen LogP contribution < -0.4 is 10.2 Å². The monoisotopic (exact) mass is 292 g/mol. The number of aromatic nitrogens is 4. The topological polar surface area (TPSA) is 86.8 Å². The van der Waals surface area contributed by atoms with Gasteiger partial charge < -0.3 is 10.2 Å². The van der Waals surface area contributed by atoms with Gasteiger partial charge in [0.2, 0.25) is 11.2 Å². The van der Waals surface area contributed by atoms with Gasteiger partial charge in [-0.3, -0.25) is 9.89 Å². The van der Waals surface area contributed by atoms with Gasteiger partial charge in [0, 0.05) is 13.1 Å². The van der Waals surface area contributed by atoms with E-state index in [4.69, 9.17) is 11.6 Å². The van der Waals surface area contributed by atoms with Gasteiger partial charge in [0.05, 0.1) is 23.5 Å². The maximum Gasteiger partial charge on any atom is 0.226 e. The largest absolute Gasteiger partial charge is 0.354 e. The third-order valence-corrected chi connectivity index (χ3v) is 4.30. The Kier molecular flexibility index (Phi) is 2.56. The molecule has 8 heteroatoms. The lowest BCUT2D eigenvalue weighted by atomic mass is 9.91. The summed E-state index contributed by atoms with van der Waals surface area (Å²) < 4.78 is 0. The Morgan fingerprint density at radius 3 is 3.20 bits per heavy atom. The van der Waals surface area contributed by atoms with E-state index in [9.17, 15) is 4.79 Å². The lowest BCUT2D eigenvalue weighted by Gasteiger charge is -2.36. The zero-order valence-corrected chi connectivity index (χ0v) is 11.4. The number of nitrogens with zero attached hydrogens (tertiary/aromatic N) is 4. The minimum absolute atomic E-state index is 0.0411. The van der Waals surface area contributed by atoms with Gasteiger partial charge in [-0.2, -0.15) is 15.1 Å². The van der Waals surface area contributed by atoms with Crippen LogP contribution in [-0.2, 0) is 4.79 Å². The molecule has 20 heavy (non-hydrogen) atoms. The van der Waals surface area contributed by atoms with E-state index in [1.54, 1.807) is 6.20 Å². The van der Waals surface area contributed by atoms with Crippen molar-refractivity contribution < 1.29 is 4.79 Å². The number of rotatable bonds is 1. The quantitative estimate of drug-likeness (QED) is 0.756. The second kappa shape index (κ2) is 4.31. The maximum absolute atomic E-state index is 11.9. The molecule has 0 radical (unpaired) electrons. The van der Waals surface area contributed by atoms with E-state index >= 15 is 0 Å². The van der Waals surface area contributed by atoms with E-state index in [1.807, 2.05) is 0 Å². The molecule has 0 saturated carbocycles. The first-order valence-corrected chi connectivity index (χ1v) is 7.03. The van der Waals surface area contributed by atoms with Gasteiger partial charge >= 0.3 is 0 Å². The van der Waals surface area contributed by atoms with Crippen molar-refractivity contribution in [3.8, 4) is 0 Å². The van der Waals surface area contributed by atoms with Gasteiger partial charge in [-0.25, -0.2) is 0 Å². The molecule has 0 aliphatic carbocycles. The summed E-state index contributed by atoms with van der Waals surface area (Å²) in [7, 11) is 0. The first-order chi connectivity index (χ1) is 9.74. The zero-order chi connectivity index (χ0) is 13.7. The molecular formula is C12H13ClN6O. The lowest BCUT2D eigenvalue weighted by molar-refractivity contribution is -0.122. The third kappa shape index (κ3) is 1.66. The van der Waals surface area contributed by atoms with Crippen molar-refractivity contribution in [2.24, 2.45) is 5.92 Å². The summed E-state index contributed by atoms with van der Waals surface area (Å²) in [5, 5.41) is 10.8. The number of carbonyl (C=O) groups is 1. The van der Waals surface area contributed by atoms with Crippen molar-refractivity contribution in [2.45, 2.75) is 18.9 Å². The average molecular weight is 293 g/mol. The smallest absolute Gasteiger partial charge is 0.226 e. The Bertz CT molecular complexity index is 686. The fourth-order valence-corrected chi connectivity index (χ4v) is 3.39. The van der Waals surface area contributed by atoms with Gasteiger partial charge in [0.25, 0.3) is 0 Å². The molecule has 7 nitrogen and oxygen atoms in total. The van der Waals surface area contributed by atoms with Crippen LogP contribution in [0.25, 0.3) is 11.0 Å². The normalized spacial score (nSPS) is 25.9. The van der Waals surface area contributed by atoms with Crippen LogP contribution in [0.5, 0.6) is 0 Å². The highest BCUT2D eigenvalue weighted by Gasteiger charge is 2.41. The van der Waals surface area contributed by atoms with Crippen LogP contribution in [0.15, 0.2) is 6.20 Å². The standard InChI is InChI=1S/C12H13ClN6O/c13-12-16-9-7(4-15-18-9)10(17-12)19-3-1-2-6-8(19)5-14-11(6)20/h4,6,8H,1-3,5H2,(H,14,20)(H,15,16,17,18). The third-order valence-electron chi connectivity index (χ3n) is 4.14. The molecule has 2 aliphatic heterocycles. The molecule has 1 amide bonds. The highest BCUT2D eigenvalue weighted by Crippen LogP contribution is 2.33. The molecule has 4 rings (SSSR count). The number of aromatic amines is 1. The summed E-state index contributed by atoms with van der Waals surface area (Å²) in [5.41, 5.74) is 0.624. The highest BCUT2D eigenvalue weighted by atomic mass is 35.5. The zero-order valence-electron chi connectivity index (χ0n) is 10.6. The van der Waals surface area contributed by atoms with Crippen LogP contribution in [-0.4, -0.2) is 45.2 Å². The van der Waals surface area contributed by atoms with Crippen LogP contribution in [0.1, 0.15) is 12.8 Å². The average Bonchev–Trinajstić information content (AvgIpc) is 3.05. The first kappa shape index (κ1) is 11.9. The Morgan fingerprint density at radius 1 is 1.40 bits per heavy atom. The predicted octanol–water partition coefficient (Wildman–Crippen LogP) is 0.721. The van der Waals surface area contributed by atoms with E-state index in [1.165, 1.54) is 0 Å². The Hall–Kier alpha value is -1.89. The molecule has 4 heterocycles. The summed E-state index contributed by atoms with van der Waals surface area (Å²) in [5.74, 6) is 0.947. The van der Waals surface area contributed by atoms with Crippen molar-refractivity contribution in [3.63, 3.8) is 0 Å². The minimum Gasteiger partial charge on any atom is -0.354 e. The molecule has 0 aromatic carbocycles. The van der Waals surface area contributed by atoms with Gasteiger partial charge in [-0.1, -0.05) is 0 Å². The predicted molar refractivity (Wildman–Crippen MR) is 73.6 cm³/mol. The Balaban J connectivity index is 1.82. The van der Waals surface area contributed by atoms with Crippen LogP contribution in [0.4, 0.5) is 5.82 Å². The molecule has 0 bridgehead atoms. The number of amides is 1. The molecule has 2 atom stereocenters. The summed E-state index contributed by atoms with van der Waals surface area (Å²) in [6.07, 6.45) is 3.60. The molecule has 2 aromatic heterocycles. The molecule has 2 saturated heterocycles. The number of H-pyrrole nitrogens is 1. The van der Waals surface area contributed by atoms with E-state index in [-0.39, 0.29) is 23.2 Å². The molecule has 104 valence electrons. The van der Waals surface area contributed by atoms with Gasteiger partial charge in [-0.15, -0.1) is 0 Å². The van der Waals surface area contributed by atoms with Crippen LogP contribution in [0, 0.1) is 5.92 Å². The number of hydrogen-bond donors (Lipinski definition) is 2. The highest BCUT2D eigenvalue weighted by molar-refractivity contribution is 6.28. The van der Waals surface area contributed by atoms with Gasteiger partial charge in [0.1, 0.15) is 5.82 Å². The van der Waals surface area contributed by atoms with E-state index < -0.39 is 0 Å². The van der Waals surface area contributed by atoms with Crippen LogP contribution in [0.3, 0.4) is 0 Å². The Morgan fingerprint density at radius 2 is 2.30 bits per heavy atom. The van der Waals surface area contributed by atoms with Crippen LogP contribution >= 0.6 is 11.6 Å². The molecule has 2 N–H and O–H groups in total. The summed E-state index contributed by atoms with van der Waals surface area (Å²) in [6, 6.07) is 0.139. The number of hydrogen-bond acceptors (Lipinski definition) is 5. The second-order valence-corrected chi connectivity index (χ2v) is 5.54. The van der Waals surface area contributed by atoms with E-state index in [0.717, 1.165) is 30.6 Å². The van der Waals surface area contributed by atoms with Crippen molar-refractivity contribution in [3.05, 3.63) is 11.5 Å². The van der Waals surface area contributed by atoms with Crippen molar-refractivity contribution >= 4 is 34.4 Å². The lowest BCUT2D eigenvalue weighted by Crippen LogP contribution is -2.46. The number of piperidine rings is 1. The summed E-state index contributed by atoms with van der Waals surface area (Å²) >= 11 is 5.99. The second-order valence-electron chi connectivity index (χ2n) is 5.20. The molecule has 2 unspecified atom stereocenters. The first-order valence-electron chi connectivity index (χ1n) is 6.65. The molecule has 2 fully saturated rings. The minimum atomic E-state index is 0.0411. The fraction of sp³-hybridized carbons (Fsp3) is 0.500. The van der Waals surface area contributed by atoms with Crippen LogP contribution in [0.2, 0.25) is 5.28 Å². The van der Waals surface area contributed by atoms with Gasteiger partial charge in [-0.05, 0) is 24.4 Å². The fourth-order valence-electron chi connectivity index (χ4n) is 3.23. The number of anilines is 1. The molecule has 2 aromatic rings. The van der Waals surface area contributed by atoms with E-state index in [0.29, 0.717) is 12.2 Å². The van der Waals surface area contributed by atoms with Crippen molar-refractivity contribution in [1.29, 1.82) is 0 Å². The number of carbonyl (C=O) groups excluding carboxylic acids is 1. The molecule has 0 spiro atoms. The summed E-state index contributed by atoms with van der Waals surface area (Å²) in [4.78, 5) is 22.5. The van der Waals surface area contributed by atoms with Crippen molar-refractivity contribution in [1.82, 2.24) is 25.5 Å². The Labute approximate surface area is 119 Å². The SMILES string of the molecule is O=C1NCC2C1CCCN2c1nc(Cl)nc2[nH]ncc12. The number of fused-ring (bicyclic) bond motifs is 2. The molecular weight excluding hydrogens is 280 g/mol. The molecule has 2 aliphatic rings. The summed E-state index contributed by atoms with van der Waals surface area (Å²) in [6.45, 7) is 1.52. The van der Waals surface area contributed by atoms with E-state index in [2.05, 4.69) is 30.4 Å². The maximum atomic E-state index is 11.9.